The first kappa shape index (κ1) is 42.0. The van der Waals surface area contributed by atoms with E-state index in [0.29, 0.717) is 44.9 Å². The third-order valence-corrected chi connectivity index (χ3v) is 14.0. The summed E-state index contributed by atoms with van der Waals surface area (Å²) < 4.78 is 38.3. The van der Waals surface area contributed by atoms with Crippen LogP contribution >= 0.6 is 0 Å². The molecule has 5 rings (SSSR count). The molecule has 4 fully saturated rings. The van der Waals surface area contributed by atoms with Gasteiger partial charge in [-0.25, -0.2) is 0 Å². The van der Waals surface area contributed by atoms with Crippen molar-refractivity contribution in [2.24, 2.45) is 35.5 Å². The van der Waals surface area contributed by atoms with E-state index in [1.807, 2.05) is 47.6 Å². The Hall–Kier alpha value is -1.15. The average Bonchev–Trinajstić information content (AvgIpc) is 3.57. The van der Waals surface area contributed by atoms with Gasteiger partial charge >= 0.3 is 5.97 Å². The molecule has 300 valence electrons. The van der Waals surface area contributed by atoms with Crippen molar-refractivity contribution in [3.05, 3.63) is 12.2 Å². The molecule has 0 amide bonds. The van der Waals surface area contributed by atoms with E-state index in [-0.39, 0.29) is 72.2 Å². The van der Waals surface area contributed by atoms with Gasteiger partial charge in [-0.15, -0.1) is 0 Å². The smallest absolute Gasteiger partial charge is 0.311 e. The second-order valence-electron chi connectivity index (χ2n) is 17.1. The summed E-state index contributed by atoms with van der Waals surface area (Å²) >= 11 is 0. The Kier molecular flexibility index (Phi) is 13.7. The van der Waals surface area contributed by atoms with Crippen molar-refractivity contribution in [3.8, 4) is 0 Å². The minimum Gasteiger partial charge on any atom is -0.469 e. The normalized spacial score (nSPS) is 44.6. The number of ether oxygens (including phenoxy) is 6. The summed E-state index contributed by atoms with van der Waals surface area (Å²) in [5, 5.41) is 46.0. The minimum absolute atomic E-state index is 0.0569. The first-order chi connectivity index (χ1) is 24.6. The highest BCUT2D eigenvalue weighted by molar-refractivity contribution is 5.72. The molecule has 5 heterocycles. The Bertz CT molecular complexity index is 1220. The van der Waals surface area contributed by atoms with E-state index in [1.54, 1.807) is 6.08 Å². The van der Waals surface area contributed by atoms with Crippen molar-refractivity contribution >= 4 is 5.97 Å². The zero-order valence-electron chi connectivity index (χ0n) is 33.2. The van der Waals surface area contributed by atoms with Crippen LogP contribution in [-0.4, -0.2) is 106 Å². The van der Waals surface area contributed by atoms with Crippen molar-refractivity contribution < 1.29 is 53.6 Å². The molecule has 0 aromatic rings. The topological polar surface area (TPSA) is 153 Å². The van der Waals surface area contributed by atoms with Gasteiger partial charge in [0.25, 0.3) is 0 Å². The predicted molar refractivity (Wildman–Crippen MR) is 195 cm³/mol. The van der Waals surface area contributed by atoms with Gasteiger partial charge in [-0.2, -0.15) is 0 Å². The predicted octanol–water partition coefficient (Wildman–Crippen LogP) is 5.43. The van der Waals surface area contributed by atoms with Crippen LogP contribution in [0.2, 0.25) is 0 Å². The molecular formula is C41H70O11. The number of carbonyl (C=O) groups excluding carboxylic acids is 1. The summed E-state index contributed by atoms with van der Waals surface area (Å²) in [6, 6.07) is 0. The molecular weight excluding hydrogens is 668 g/mol. The molecule has 18 atom stereocenters. The molecule has 5 aliphatic rings. The van der Waals surface area contributed by atoms with E-state index in [9.17, 15) is 25.2 Å². The van der Waals surface area contributed by atoms with Crippen molar-refractivity contribution in [2.75, 3.05) is 7.11 Å². The number of rotatable bonds is 12. The molecule has 0 bridgehead atoms. The molecule has 4 saturated heterocycles. The van der Waals surface area contributed by atoms with E-state index in [2.05, 4.69) is 13.8 Å². The van der Waals surface area contributed by atoms with Crippen molar-refractivity contribution in [1.29, 1.82) is 0 Å². The number of methoxy groups -OCH3 is 1. The van der Waals surface area contributed by atoms with Gasteiger partial charge in [0.05, 0.1) is 67.5 Å². The maximum absolute atomic E-state index is 12.4. The highest BCUT2D eigenvalue weighted by atomic mass is 16.8. The SMILES string of the molecule is CC[C@@H]([C@H](O)[C@@H](C)[C@@H](O)[C@H](C)[C@H]1CCC[C@H]([C@@H](CC)C(=O)OC)O1)[C@H]1O[C@]2(C=C[C@@H](O)[C@]3(CCC([C@H]4CC[C@](O)(CC)[C@H](C)O4)O3)O2)[C@H](C)C[C@@H]1C. The van der Waals surface area contributed by atoms with E-state index in [4.69, 9.17) is 28.4 Å². The fraction of sp³-hybridized carbons (Fsp3) is 0.927. The van der Waals surface area contributed by atoms with E-state index < -0.39 is 41.4 Å². The maximum Gasteiger partial charge on any atom is 0.311 e. The Morgan fingerprint density at radius 2 is 1.62 bits per heavy atom. The standard InChI is InChI=1S/C41H70O11/c1-10-28(38(45)47-9)31-15-13-14-30(49-31)25(6)35(43)26(7)36(44)29(11-2)37-23(4)22-24(5)40(51-37)21-18-34(42)41(52-40)20-17-33(50-41)32-16-19-39(46,12-3)27(8)48-32/h18,21,23-37,42-44,46H,10-17,19-20,22H2,1-9H3/t23-,24+,25+,26-,27-,28+,29-,30+,31+,32+,33?,34+,35-,36+,37-,39+,40-,41-/m0/s1. The largest absolute Gasteiger partial charge is 0.469 e. The van der Waals surface area contributed by atoms with Crippen LogP contribution < -0.4 is 0 Å². The van der Waals surface area contributed by atoms with Crippen molar-refractivity contribution in [3.63, 3.8) is 0 Å². The Morgan fingerprint density at radius 3 is 2.25 bits per heavy atom. The summed E-state index contributed by atoms with van der Waals surface area (Å²) in [5.41, 5.74) is -0.847. The lowest BCUT2D eigenvalue weighted by Crippen LogP contribution is -2.62. The molecule has 2 spiro atoms. The summed E-state index contributed by atoms with van der Waals surface area (Å²) in [7, 11) is 1.41. The second kappa shape index (κ2) is 16.9. The van der Waals surface area contributed by atoms with Gasteiger partial charge in [-0.3, -0.25) is 4.79 Å². The molecule has 0 radical (unpaired) electrons. The molecule has 11 nitrogen and oxygen atoms in total. The number of aliphatic hydroxyl groups is 4. The quantitative estimate of drug-likeness (QED) is 0.150. The Labute approximate surface area is 312 Å². The Morgan fingerprint density at radius 1 is 0.923 bits per heavy atom. The summed E-state index contributed by atoms with van der Waals surface area (Å²) in [6.45, 7) is 16.0. The van der Waals surface area contributed by atoms with Gasteiger partial charge in [0.1, 0.15) is 6.10 Å². The molecule has 0 saturated carbocycles. The van der Waals surface area contributed by atoms with Crippen LogP contribution in [-0.2, 0) is 33.2 Å². The third kappa shape index (κ3) is 8.05. The maximum atomic E-state index is 12.4. The molecule has 52 heavy (non-hydrogen) atoms. The lowest BCUT2D eigenvalue weighted by molar-refractivity contribution is -0.403. The van der Waals surface area contributed by atoms with Gasteiger partial charge in [-0.1, -0.05) is 48.5 Å². The fourth-order valence-electron chi connectivity index (χ4n) is 10.2. The number of hydrogen-bond donors (Lipinski definition) is 4. The molecule has 1 unspecified atom stereocenters. The van der Waals surface area contributed by atoms with Crippen LogP contribution in [0.5, 0.6) is 0 Å². The van der Waals surface area contributed by atoms with Crippen LogP contribution in [0, 0.1) is 35.5 Å². The number of carbonyl (C=O) groups is 1. The average molecular weight is 739 g/mol. The van der Waals surface area contributed by atoms with Crippen LogP contribution in [0.25, 0.3) is 0 Å². The zero-order valence-corrected chi connectivity index (χ0v) is 33.2. The third-order valence-electron chi connectivity index (χ3n) is 14.0. The van der Waals surface area contributed by atoms with Gasteiger partial charge in [0, 0.05) is 30.1 Å². The van der Waals surface area contributed by atoms with Crippen LogP contribution in [0.3, 0.4) is 0 Å². The lowest BCUT2D eigenvalue weighted by Gasteiger charge is -2.54. The number of aliphatic hydroxyl groups excluding tert-OH is 3. The van der Waals surface area contributed by atoms with Gasteiger partial charge in [0.15, 0.2) is 5.79 Å². The van der Waals surface area contributed by atoms with E-state index in [1.165, 1.54) is 7.11 Å². The molecule has 11 heteroatoms. The van der Waals surface area contributed by atoms with Gasteiger partial charge in [0.2, 0.25) is 5.79 Å². The zero-order chi connectivity index (χ0) is 38.2. The first-order valence-corrected chi connectivity index (χ1v) is 20.5. The highest BCUT2D eigenvalue weighted by Gasteiger charge is 2.60. The van der Waals surface area contributed by atoms with E-state index >= 15 is 0 Å². The van der Waals surface area contributed by atoms with Crippen molar-refractivity contribution in [1.82, 2.24) is 0 Å². The highest BCUT2D eigenvalue weighted by Crippen LogP contribution is 2.51. The molecule has 4 N–H and O–H groups in total. The van der Waals surface area contributed by atoms with E-state index in [0.717, 1.165) is 25.7 Å². The van der Waals surface area contributed by atoms with Gasteiger partial charge < -0.3 is 48.8 Å². The number of esters is 1. The molecule has 5 aliphatic heterocycles. The molecule has 0 aromatic carbocycles. The Balaban J connectivity index is 1.27. The summed E-state index contributed by atoms with van der Waals surface area (Å²) in [6.07, 6.45) is 6.67. The van der Waals surface area contributed by atoms with Crippen LogP contribution in [0.15, 0.2) is 12.2 Å². The minimum atomic E-state index is -1.30. The first-order valence-electron chi connectivity index (χ1n) is 20.5. The van der Waals surface area contributed by atoms with Crippen LogP contribution in [0.4, 0.5) is 0 Å². The number of hydrogen-bond acceptors (Lipinski definition) is 11. The van der Waals surface area contributed by atoms with Crippen LogP contribution in [0.1, 0.15) is 126 Å². The van der Waals surface area contributed by atoms with Crippen molar-refractivity contribution in [2.45, 2.75) is 198 Å². The molecule has 0 aliphatic carbocycles. The molecule has 0 aromatic heterocycles. The lowest BCUT2D eigenvalue weighted by atomic mass is 9.72. The second-order valence-corrected chi connectivity index (χ2v) is 17.1. The monoisotopic (exact) mass is 738 g/mol. The fourth-order valence-corrected chi connectivity index (χ4v) is 10.2. The van der Waals surface area contributed by atoms with Gasteiger partial charge in [-0.05, 0) is 89.2 Å². The summed E-state index contributed by atoms with van der Waals surface area (Å²) in [4.78, 5) is 12.4. The summed E-state index contributed by atoms with van der Waals surface area (Å²) in [5.74, 6) is -4.07.